The Hall–Kier alpha value is -5.46. The number of rotatable bonds is 8. The summed E-state index contributed by atoms with van der Waals surface area (Å²) in [6.07, 6.45) is 7.00. The number of hydrogen-bond donors (Lipinski definition) is 1. The molecule has 2 unspecified atom stereocenters. The predicted molar refractivity (Wildman–Crippen MR) is 217 cm³/mol. The van der Waals surface area contributed by atoms with E-state index in [1.807, 2.05) is 69.3 Å². The second-order valence-electron chi connectivity index (χ2n) is 14.9. The van der Waals surface area contributed by atoms with Crippen LogP contribution in [0, 0.1) is 19.8 Å². The first kappa shape index (κ1) is 39.2. The fourth-order valence-corrected chi connectivity index (χ4v) is 7.52. The molecule has 6 heterocycles. The highest BCUT2D eigenvalue weighted by Crippen LogP contribution is 2.27. The van der Waals surface area contributed by atoms with Crippen LogP contribution >= 0.6 is 0 Å². The Balaban J connectivity index is 0.000000185. The molecule has 0 radical (unpaired) electrons. The van der Waals surface area contributed by atoms with Gasteiger partial charge in [-0.25, -0.2) is 19.0 Å². The molecule has 288 valence electrons. The summed E-state index contributed by atoms with van der Waals surface area (Å²) in [6, 6.07) is 20.5. The van der Waals surface area contributed by atoms with Crippen molar-refractivity contribution in [3.63, 3.8) is 0 Å². The molecule has 2 aliphatic rings. The van der Waals surface area contributed by atoms with Gasteiger partial charge in [0.1, 0.15) is 12.7 Å². The molecule has 0 bridgehead atoms. The van der Waals surface area contributed by atoms with Crippen molar-refractivity contribution in [2.75, 3.05) is 32.7 Å². The number of piperazine rings is 2. The van der Waals surface area contributed by atoms with Gasteiger partial charge in [-0.2, -0.15) is 10.2 Å². The van der Waals surface area contributed by atoms with Gasteiger partial charge in [-0.3, -0.25) is 14.5 Å². The van der Waals surface area contributed by atoms with Gasteiger partial charge in [-0.15, -0.1) is 0 Å². The molecular weight excluding hydrogens is 689 g/mol. The quantitative estimate of drug-likeness (QED) is 0.200. The molecule has 12 heteroatoms. The van der Waals surface area contributed by atoms with Crippen molar-refractivity contribution in [3.05, 3.63) is 108 Å². The molecule has 1 N–H and O–H groups in total. The number of carbonyl (C=O) groups is 2. The van der Waals surface area contributed by atoms with E-state index in [9.17, 15) is 9.59 Å². The molecular formula is C43H54N10O2. The van der Waals surface area contributed by atoms with E-state index < -0.39 is 0 Å². The monoisotopic (exact) mass is 742 g/mol. The summed E-state index contributed by atoms with van der Waals surface area (Å²) >= 11 is 0. The van der Waals surface area contributed by atoms with E-state index in [2.05, 4.69) is 94.5 Å². The van der Waals surface area contributed by atoms with Crippen LogP contribution in [0.25, 0.3) is 33.5 Å². The lowest BCUT2D eigenvalue weighted by atomic mass is 10.0. The van der Waals surface area contributed by atoms with Crippen LogP contribution in [0.2, 0.25) is 0 Å². The lowest BCUT2D eigenvalue weighted by Crippen LogP contribution is -2.56. The Morgan fingerprint density at radius 3 is 1.76 bits per heavy atom. The lowest BCUT2D eigenvalue weighted by molar-refractivity contribution is -0.142. The van der Waals surface area contributed by atoms with Gasteiger partial charge in [0, 0.05) is 69.3 Å². The second kappa shape index (κ2) is 16.9. The topological polar surface area (TPSA) is 116 Å². The molecule has 6 aromatic rings. The van der Waals surface area contributed by atoms with Crippen molar-refractivity contribution in [1.29, 1.82) is 0 Å². The van der Waals surface area contributed by atoms with Crippen LogP contribution in [0.15, 0.2) is 85.7 Å². The number of carbonyl (C=O) groups excluding carboxylic acids is 2. The smallest absolute Gasteiger partial charge is 0.239 e. The summed E-state index contributed by atoms with van der Waals surface area (Å²) in [5, 5.41) is 11.7. The van der Waals surface area contributed by atoms with E-state index in [4.69, 9.17) is 0 Å². The van der Waals surface area contributed by atoms with Crippen LogP contribution in [-0.2, 0) is 22.7 Å². The average molecular weight is 743 g/mol. The number of fused-ring (bicyclic) bond motifs is 2. The normalized spacial score (nSPS) is 17.8. The zero-order valence-corrected chi connectivity index (χ0v) is 32.1. The van der Waals surface area contributed by atoms with Crippen LogP contribution in [-0.4, -0.2) is 101 Å². The highest BCUT2D eigenvalue weighted by Gasteiger charge is 2.32. The molecule has 55 heavy (non-hydrogen) atoms. The molecule has 0 saturated carbocycles. The van der Waals surface area contributed by atoms with Gasteiger partial charge in [0.2, 0.25) is 11.8 Å². The van der Waals surface area contributed by atoms with E-state index in [0.717, 1.165) is 66.3 Å². The number of nitrogens with one attached hydrogen (secondary N) is 1. The van der Waals surface area contributed by atoms with Crippen LogP contribution < -0.4 is 5.32 Å². The Morgan fingerprint density at radius 2 is 1.25 bits per heavy atom. The number of amides is 2. The van der Waals surface area contributed by atoms with Crippen LogP contribution in [0.3, 0.4) is 0 Å². The molecule has 2 aliphatic heterocycles. The van der Waals surface area contributed by atoms with Gasteiger partial charge in [0.25, 0.3) is 0 Å². The number of aromatic nitrogens is 6. The molecule has 2 amide bonds. The van der Waals surface area contributed by atoms with Crippen LogP contribution in [0.1, 0.15) is 57.4 Å². The van der Waals surface area contributed by atoms with Gasteiger partial charge in [-0.1, -0.05) is 45.5 Å². The second-order valence-corrected chi connectivity index (χ2v) is 14.9. The largest absolute Gasteiger partial charge is 0.336 e. The number of nitrogens with zero attached hydrogens (tertiary/aromatic N) is 9. The molecule has 0 aliphatic carbocycles. The summed E-state index contributed by atoms with van der Waals surface area (Å²) < 4.78 is 3.66. The number of benzene rings is 2. The van der Waals surface area contributed by atoms with Crippen LogP contribution in [0.5, 0.6) is 0 Å². The van der Waals surface area contributed by atoms with Gasteiger partial charge in [-0.05, 0) is 92.3 Å². The summed E-state index contributed by atoms with van der Waals surface area (Å²) in [5.41, 5.74) is 10.7. The van der Waals surface area contributed by atoms with Gasteiger partial charge < -0.3 is 15.1 Å². The van der Waals surface area contributed by atoms with E-state index >= 15 is 0 Å². The number of hydrogen-bond acceptors (Lipinski definition) is 8. The lowest BCUT2D eigenvalue weighted by Gasteiger charge is -2.40. The first-order chi connectivity index (χ1) is 26.1. The third kappa shape index (κ3) is 8.45. The molecule has 0 spiro atoms. The number of aryl methyl sites for hydroxylation is 2. The third-order valence-corrected chi connectivity index (χ3v) is 10.6. The summed E-state index contributed by atoms with van der Waals surface area (Å²) in [4.78, 5) is 40.4. The molecule has 2 aromatic carbocycles. The minimum Gasteiger partial charge on any atom is -0.336 e. The standard InChI is InChI=1S/C23H29N5O.C19H21N5O.CH4/c1-16(2)13-26-10-11-27(23(29)18(26)4)14-20-8-7-19(12-17(20)3)22-21-6-5-9-28(21)25-15-24-22;1-13-10-15(18-17-4-3-8-24(17)22-12-21-18)5-6-16(13)11-23-9-7-20-14(2)19(23)25;/h5-9,12,15-16,18H,10-11,13-14H2,1-4H3;3-6,8,10,12,14,20H,7,9,11H2,1-2H3;1H4. The maximum absolute atomic E-state index is 12.9. The minimum absolute atomic E-state index is 0. The summed E-state index contributed by atoms with van der Waals surface area (Å²) in [5.74, 6) is 0.965. The van der Waals surface area contributed by atoms with Crippen molar-refractivity contribution in [2.45, 2.75) is 74.1 Å². The van der Waals surface area contributed by atoms with E-state index in [1.54, 1.807) is 12.7 Å². The van der Waals surface area contributed by atoms with Gasteiger partial charge >= 0.3 is 0 Å². The SMILES string of the molecule is C.Cc1cc(-c2ncnn3cccc23)ccc1CN1CCN(CC(C)C)C(C)C1=O.Cc1cc(-c2ncnn3cccc23)ccc1CN1CCNC(C)C1=O. The zero-order valence-electron chi connectivity index (χ0n) is 32.1. The average Bonchev–Trinajstić information content (AvgIpc) is 3.85. The van der Waals surface area contributed by atoms with E-state index in [1.165, 1.54) is 22.3 Å². The van der Waals surface area contributed by atoms with E-state index in [0.29, 0.717) is 19.0 Å². The Kier molecular flexibility index (Phi) is 12.1. The minimum atomic E-state index is -0.100. The molecule has 2 fully saturated rings. The molecule has 4 aromatic heterocycles. The molecule has 2 atom stereocenters. The predicted octanol–water partition coefficient (Wildman–Crippen LogP) is 6.05. The Labute approximate surface area is 324 Å². The molecule has 2 saturated heterocycles. The van der Waals surface area contributed by atoms with Crippen molar-refractivity contribution in [1.82, 2.24) is 49.2 Å². The Bertz CT molecular complexity index is 2280. The van der Waals surface area contributed by atoms with Crippen LogP contribution in [0.4, 0.5) is 0 Å². The fourth-order valence-electron chi connectivity index (χ4n) is 7.52. The summed E-state index contributed by atoms with van der Waals surface area (Å²) in [6.45, 7) is 18.2. The fraction of sp³-hybridized carbons (Fsp3) is 0.395. The zero-order chi connectivity index (χ0) is 37.9. The van der Waals surface area contributed by atoms with Crippen molar-refractivity contribution in [3.8, 4) is 22.5 Å². The van der Waals surface area contributed by atoms with Crippen molar-refractivity contribution >= 4 is 22.8 Å². The molecule has 12 nitrogen and oxygen atoms in total. The highest BCUT2D eigenvalue weighted by atomic mass is 16.2. The highest BCUT2D eigenvalue weighted by molar-refractivity contribution is 5.83. The third-order valence-electron chi connectivity index (χ3n) is 10.6. The van der Waals surface area contributed by atoms with Gasteiger partial charge in [0.05, 0.1) is 34.5 Å². The Morgan fingerprint density at radius 1 is 0.727 bits per heavy atom. The van der Waals surface area contributed by atoms with Gasteiger partial charge in [0.15, 0.2) is 0 Å². The first-order valence-electron chi connectivity index (χ1n) is 18.9. The first-order valence-corrected chi connectivity index (χ1v) is 18.9. The maximum atomic E-state index is 12.9. The molecule has 8 rings (SSSR count). The summed E-state index contributed by atoms with van der Waals surface area (Å²) in [7, 11) is 0. The maximum Gasteiger partial charge on any atom is 0.239 e. The van der Waals surface area contributed by atoms with Crippen molar-refractivity contribution < 1.29 is 9.59 Å². The van der Waals surface area contributed by atoms with E-state index in [-0.39, 0.29) is 31.3 Å². The van der Waals surface area contributed by atoms with Crippen molar-refractivity contribution in [2.24, 2.45) is 5.92 Å².